The second-order valence-corrected chi connectivity index (χ2v) is 5.79. The number of halogens is 1. The lowest BCUT2D eigenvalue weighted by Gasteiger charge is -2.36. The van der Waals surface area contributed by atoms with E-state index in [-0.39, 0.29) is 23.7 Å². The Morgan fingerprint density at radius 3 is 2.86 bits per heavy atom. The number of nitro groups is 1. The fraction of sp³-hybridized carbons (Fsp3) is 0.500. The number of nitro benzene ring substituents is 1. The molecule has 0 radical (unpaired) electrons. The van der Waals surface area contributed by atoms with Crippen molar-refractivity contribution in [2.45, 2.75) is 19.4 Å². The molecule has 1 N–H and O–H groups in total. The van der Waals surface area contributed by atoms with Crippen LogP contribution in [0.2, 0.25) is 5.02 Å². The van der Waals surface area contributed by atoms with Crippen LogP contribution in [0, 0.1) is 16.0 Å². The average Bonchev–Trinajstić information content (AvgIpc) is 2.49. The molecule has 2 atom stereocenters. The van der Waals surface area contributed by atoms with E-state index < -0.39 is 4.92 Å². The maximum Gasteiger partial charge on any atom is 0.409 e. The van der Waals surface area contributed by atoms with Crippen molar-refractivity contribution < 1.29 is 14.5 Å². The molecule has 2 unspecified atom stereocenters. The third kappa shape index (κ3) is 3.59. The van der Waals surface area contributed by atoms with E-state index in [9.17, 15) is 14.9 Å². The number of ether oxygens (including phenoxy) is 1. The summed E-state index contributed by atoms with van der Waals surface area (Å²) in [4.78, 5) is 23.8. The highest BCUT2D eigenvalue weighted by molar-refractivity contribution is 6.30. The normalized spacial score (nSPS) is 21.3. The molecule has 2 rings (SSSR count). The van der Waals surface area contributed by atoms with Crippen LogP contribution in [0.15, 0.2) is 18.2 Å². The minimum absolute atomic E-state index is 0.0424. The number of nitrogens with one attached hydrogen (secondary N) is 1. The van der Waals surface area contributed by atoms with Gasteiger partial charge in [-0.3, -0.25) is 10.1 Å². The molecule has 1 aromatic rings. The Labute approximate surface area is 133 Å². The smallest absolute Gasteiger partial charge is 0.409 e. The van der Waals surface area contributed by atoms with Crippen LogP contribution in [-0.2, 0) is 4.74 Å². The maximum absolute atomic E-state index is 11.5. The van der Waals surface area contributed by atoms with Crippen molar-refractivity contribution in [1.82, 2.24) is 4.90 Å². The highest BCUT2D eigenvalue weighted by Gasteiger charge is 2.30. The van der Waals surface area contributed by atoms with E-state index in [1.807, 2.05) is 6.92 Å². The Morgan fingerprint density at radius 1 is 1.55 bits per heavy atom. The number of amides is 1. The average molecular weight is 328 g/mol. The van der Waals surface area contributed by atoms with Crippen LogP contribution in [-0.4, -0.2) is 42.2 Å². The Morgan fingerprint density at radius 2 is 2.27 bits per heavy atom. The largest absolute Gasteiger partial charge is 0.453 e. The van der Waals surface area contributed by atoms with Gasteiger partial charge in [-0.1, -0.05) is 18.5 Å². The number of carbonyl (C=O) groups is 1. The van der Waals surface area contributed by atoms with Gasteiger partial charge in [0, 0.05) is 30.2 Å². The Bertz CT molecular complexity index is 581. The van der Waals surface area contributed by atoms with E-state index in [4.69, 9.17) is 16.3 Å². The van der Waals surface area contributed by atoms with Gasteiger partial charge in [0.2, 0.25) is 0 Å². The molecule has 0 bridgehead atoms. The molecule has 0 saturated carbocycles. The van der Waals surface area contributed by atoms with Crippen molar-refractivity contribution in [3.05, 3.63) is 33.3 Å². The number of benzene rings is 1. The molecule has 8 heteroatoms. The summed E-state index contributed by atoms with van der Waals surface area (Å²) in [6.07, 6.45) is 0.346. The molecule has 1 aliphatic rings. The van der Waals surface area contributed by atoms with Gasteiger partial charge in [-0.25, -0.2) is 4.79 Å². The molecule has 1 aliphatic heterocycles. The molecular weight excluding hydrogens is 310 g/mol. The zero-order valence-electron chi connectivity index (χ0n) is 12.4. The molecule has 0 aromatic heterocycles. The van der Waals surface area contributed by atoms with Crippen LogP contribution in [0.5, 0.6) is 0 Å². The van der Waals surface area contributed by atoms with E-state index in [2.05, 4.69) is 5.32 Å². The van der Waals surface area contributed by atoms with E-state index >= 15 is 0 Å². The number of hydrogen-bond acceptors (Lipinski definition) is 5. The van der Waals surface area contributed by atoms with Crippen molar-refractivity contribution >= 4 is 29.1 Å². The predicted octanol–water partition coefficient (Wildman–Crippen LogP) is 3.14. The molecule has 1 aromatic carbocycles. The number of piperidine rings is 1. The zero-order chi connectivity index (χ0) is 16.3. The molecule has 0 spiro atoms. The predicted molar refractivity (Wildman–Crippen MR) is 83.3 cm³/mol. The summed E-state index contributed by atoms with van der Waals surface area (Å²) in [5, 5.41) is 14.6. The first-order valence-corrected chi connectivity index (χ1v) is 7.33. The summed E-state index contributed by atoms with van der Waals surface area (Å²) >= 11 is 5.81. The first-order valence-electron chi connectivity index (χ1n) is 6.95. The van der Waals surface area contributed by atoms with Gasteiger partial charge in [0.1, 0.15) is 5.69 Å². The van der Waals surface area contributed by atoms with E-state index in [1.165, 1.54) is 13.2 Å². The molecule has 0 aliphatic carbocycles. The fourth-order valence-electron chi connectivity index (χ4n) is 2.63. The first kappa shape index (κ1) is 16.4. The Hall–Kier alpha value is -2.02. The quantitative estimate of drug-likeness (QED) is 0.681. The topological polar surface area (TPSA) is 84.7 Å². The lowest BCUT2D eigenvalue weighted by Crippen LogP contribution is -2.47. The van der Waals surface area contributed by atoms with Gasteiger partial charge in [-0.2, -0.15) is 0 Å². The summed E-state index contributed by atoms with van der Waals surface area (Å²) in [5.74, 6) is 0.142. The molecule has 7 nitrogen and oxygen atoms in total. The van der Waals surface area contributed by atoms with E-state index in [0.717, 1.165) is 0 Å². The van der Waals surface area contributed by atoms with Gasteiger partial charge >= 0.3 is 6.09 Å². The minimum atomic E-state index is -0.456. The molecule has 120 valence electrons. The second-order valence-electron chi connectivity index (χ2n) is 5.35. The first-order chi connectivity index (χ1) is 10.4. The highest BCUT2D eigenvalue weighted by Crippen LogP contribution is 2.30. The van der Waals surface area contributed by atoms with Gasteiger partial charge in [0.25, 0.3) is 5.69 Å². The number of likely N-dealkylation sites (tertiary alicyclic amines) is 1. The number of carbonyl (C=O) groups excluding carboxylic acids is 1. The number of hydrogen-bond donors (Lipinski definition) is 1. The summed E-state index contributed by atoms with van der Waals surface area (Å²) in [5.41, 5.74) is 0.396. The third-order valence-electron chi connectivity index (χ3n) is 3.84. The molecule has 1 heterocycles. The summed E-state index contributed by atoms with van der Waals surface area (Å²) < 4.78 is 4.72. The lowest BCUT2D eigenvalue weighted by molar-refractivity contribution is -0.384. The van der Waals surface area contributed by atoms with Gasteiger partial charge < -0.3 is 15.0 Å². The molecule has 1 amide bonds. The standard InChI is InChI=1S/C14H18ClN3O4/c1-9-8-17(14(19)22-2)6-5-11(9)16-12-4-3-10(15)7-13(12)18(20)21/h3-4,7,9,11,16H,5-6,8H2,1-2H3. The summed E-state index contributed by atoms with van der Waals surface area (Å²) in [7, 11) is 1.36. The SMILES string of the molecule is COC(=O)N1CCC(Nc2ccc(Cl)cc2[N+](=O)[O-])C(C)C1. The van der Waals surface area contributed by atoms with Crippen LogP contribution >= 0.6 is 11.6 Å². The van der Waals surface area contributed by atoms with Crippen molar-refractivity contribution in [2.75, 3.05) is 25.5 Å². The van der Waals surface area contributed by atoms with Crippen LogP contribution in [0.1, 0.15) is 13.3 Å². The monoisotopic (exact) mass is 327 g/mol. The number of nitrogens with zero attached hydrogens (tertiary/aromatic N) is 2. The van der Waals surface area contributed by atoms with Gasteiger partial charge in [0.05, 0.1) is 12.0 Å². The summed E-state index contributed by atoms with van der Waals surface area (Å²) in [6.45, 7) is 3.09. The maximum atomic E-state index is 11.5. The van der Waals surface area contributed by atoms with Crippen LogP contribution < -0.4 is 5.32 Å². The van der Waals surface area contributed by atoms with Gasteiger partial charge in [-0.05, 0) is 24.5 Å². The van der Waals surface area contributed by atoms with E-state index in [1.54, 1.807) is 17.0 Å². The second kappa shape index (κ2) is 6.83. The lowest BCUT2D eigenvalue weighted by atomic mass is 9.93. The highest BCUT2D eigenvalue weighted by atomic mass is 35.5. The van der Waals surface area contributed by atoms with Gasteiger partial charge in [-0.15, -0.1) is 0 Å². The van der Waals surface area contributed by atoms with E-state index in [0.29, 0.717) is 30.2 Å². The van der Waals surface area contributed by atoms with Crippen LogP contribution in [0.25, 0.3) is 0 Å². The molecule has 1 saturated heterocycles. The third-order valence-corrected chi connectivity index (χ3v) is 4.07. The van der Waals surface area contributed by atoms with Crippen LogP contribution in [0.4, 0.5) is 16.2 Å². The minimum Gasteiger partial charge on any atom is -0.453 e. The van der Waals surface area contributed by atoms with Gasteiger partial charge in [0.15, 0.2) is 0 Å². The van der Waals surface area contributed by atoms with Crippen molar-refractivity contribution in [3.63, 3.8) is 0 Å². The Balaban J connectivity index is 2.09. The molecule has 22 heavy (non-hydrogen) atoms. The van der Waals surface area contributed by atoms with Crippen LogP contribution in [0.3, 0.4) is 0 Å². The fourth-order valence-corrected chi connectivity index (χ4v) is 2.80. The molecular formula is C14H18ClN3O4. The van der Waals surface area contributed by atoms with Crippen molar-refractivity contribution in [3.8, 4) is 0 Å². The molecule has 1 fully saturated rings. The zero-order valence-corrected chi connectivity index (χ0v) is 13.2. The summed E-state index contributed by atoms with van der Waals surface area (Å²) in [6, 6.07) is 4.60. The number of rotatable bonds is 3. The van der Waals surface area contributed by atoms with Crippen molar-refractivity contribution in [2.24, 2.45) is 5.92 Å². The number of anilines is 1. The number of methoxy groups -OCH3 is 1. The van der Waals surface area contributed by atoms with Crippen molar-refractivity contribution in [1.29, 1.82) is 0 Å². The Kier molecular flexibility index (Phi) is 5.07.